The van der Waals surface area contributed by atoms with E-state index in [9.17, 15) is 10.5 Å². The minimum absolute atomic E-state index is 0.625. The molecule has 0 aromatic heterocycles. The van der Waals surface area contributed by atoms with Gasteiger partial charge in [-0.15, -0.1) is 0 Å². The van der Waals surface area contributed by atoms with E-state index in [1.807, 2.05) is 36.4 Å². The Labute approximate surface area is 282 Å². The van der Waals surface area contributed by atoms with Crippen molar-refractivity contribution < 1.29 is 4.74 Å². The average molecular weight is 621 g/mol. The maximum atomic E-state index is 9.70. The first-order valence-corrected chi connectivity index (χ1v) is 18.0. The monoisotopic (exact) mass is 620 g/mol. The summed E-state index contributed by atoms with van der Waals surface area (Å²) in [7, 11) is 0. The minimum atomic E-state index is 0.625. The molecule has 240 valence electrons. The predicted molar refractivity (Wildman–Crippen MR) is 191 cm³/mol. The maximum Gasteiger partial charge on any atom is 0.131 e. The van der Waals surface area contributed by atoms with Gasteiger partial charge in [0.15, 0.2) is 0 Å². The zero-order chi connectivity index (χ0) is 32.6. The number of benzene rings is 4. The van der Waals surface area contributed by atoms with Crippen LogP contribution in [-0.2, 0) is 12.8 Å². The minimum Gasteiger partial charge on any atom is -0.457 e. The first-order chi connectivity index (χ1) is 23.0. The summed E-state index contributed by atoms with van der Waals surface area (Å²) in [6.45, 7) is 4.64. The fourth-order valence-corrected chi connectivity index (χ4v) is 7.96. The van der Waals surface area contributed by atoms with Gasteiger partial charge >= 0.3 is 0 Å². The van der Waals surface area contributed by atoms with E-state index in [0.717, 1.165) is 34.5 Å². The van der Waals surface area contributed by atoms with E-state index in [0.29, 0.717) is 35.8 Å². The van der Waals surface area contributed by atoms with Crippen LogP contribution in [0.5, 0.6) is 11.5 Å². The summed E-state index contributed by atoms with van der Waals surface area (Å²) < 4.78 is 6.64. The van der Waals surface area contributed by atoms with Gasteiger partial charge in [0, 0.05) is 24.0 Å². The van der Waals surface area contributed by atoms with E-state index in [1.165, 1.54) is 86.5 Å². The van der Waals surface area contributed by atoms with Crippen LogP contribution >= 0.6 is 0 Å². The quantitative estimate of drug-likeness (QED) is 0.177. The SMILES string of the molecule is CCC1CCC(c2ccc(Cc3cc(C#N)ccc3Oc3ccc(C#N)cc3Cc3ccc(C4CCC(CC)CC4)cc3)cc2)CC1. The standard InChI is InChI=1S/C44H48N2O/c1-3-31-5-15-37(16-6-31)39-19-9-33(10-20-39)25-41-27-35(29-45)13-23-43(41)47-44-24-14-36(30-46)28-42(44)26-34-11-21-40(22-12-34)38-17-7-32(4-2)8-18-38/h9-14,19-24,27-28,31-32,37-38H,3-8,15-18,25-26H2,1-2H3. The van der Waals surface area contributed by atoms with Crippen LogP contribution < -0.4 is 4.74 Å². The van der Waals surface area contributed by atoms with Gasteiger partial charge in [0.05, 0.1) is 23.3 Å². The highest BCUT2D eigenvalue weighted by Crippen LogP contribution is 2.39. The van der Waals surface area contributed by atoms with Crippen LogP contribution in [0.2, 0.25) is 0 Å². The summed E-state index contributed by atoms with van der Waals surface area (Å²) in [5.74, 6) is 4.62. The van der Waals surface area contributed by atoms with E-state index >= 15 is 0 Å². The normalized spacial score (nSPS) is 21.0. The zero-order valence-electron chi connectivity index (χ0n) is 28.2. The van der Waals surface area contributed by atoms with Crippen molar-refractivity contribution in [3.63, 3.8) is 0 Å². The molecule has 0 amide bonds. The largest absolute Gasteiger partial charge is 0.457 e. The Bertz CT molecular complexity index is 1580. The lowest BCUT2D eigenvalue weighted by Crippen LogP contribution is -2.12. The summed E-state index contributed by atoms with van der Waals surface area (Å²) in [4.78, 5) is 0. The van der Waals surface area contributed by atoms with Crippen molar-refractivity contribution in [3.8, 4) is 23.6 Å². The van der Waals surface area contributed by atoms with Crippen molar-refractivity contribution in [2.24, 2.45) is 11.8 Å². The molecule has 2 aliphatic rings. The van der Waals surface area contributed by atoms with Crippen LogP contribution in [0.25, 0.3) is 0 Å². The summed E-state index contributed by atoms with van der Waals surface area (Å²) in [5.41, 5.74) is 8.53. The molecule has 0 aliphatic heterocycles. The highest BCUT2D eigenvalue weighted by Gasteiger charge is 2.22. The Morgan fingerprint density at radius 3 is 1.26 bits per heavy atom. The third-order valence-electron chi connectivity index (χ3n) is 11.1. The molecule has 0 N–H and O–H groups in total. The van der Waals surface area contributed by atoms with Crippen molar-refractivity contribution in [2.45, 2.75) is 103 Å². The molecule has 2 saturated carbocycles. The molecule has 0 unspecified atom stereocenters. The predicted octanol–water partition coefficient (Wildman–Crippen LogP) is 11.8. The molecular formula is C44H48N2O. The molecule has 2 fully saturated rings. The fraction of sp³-hybridized carbons (Fsp3) is 0.409. The van der Waals surface area contributed by atoms with E-state index in [-0.39, 0.29) is 0 Å². The van der Waals surface area contributed by atoms with Crippen molar-refractivity contribution in [3.05, 3.63) is 129 Å². The first-order valence-electron chi connectivity index (χ1n) is 18.0. The molecule has 4 aromatic rings. The Morgan fingerprint density at radius 1 is 0.532 bits per heavy atom. The van der Waals surface area contributed by atoms with E-state index in [1.54, 1.807) is 0 Å². The topological polar surface area (TPSA) is 56.8 Å². The smallest absolute Gasteiger partial charge is 0.131 e. The molecule has 6 rings (SSSR count). The average Bonchev–Trinajstić information content (AvgIpc) is 3.13. The van der Waals surface area contributed by atoms with Gasteiger partial charge in [0.1, 0.15) is 11.5 Å². The summed E-state index contributed by atoms with van der Waals surface area (Å²) in [5, 5.41) is 19.4. The van der Waals surface area contributed by atoms with Crippen molar-refractivity contribution >= 4 is 0 Å². The number of nitrogens with zero attached hydrogens (tertiary/aromatic N) is 2. The summed E-state index contributed by atoms with van der Waals surface area (Å²) in [6.07, 6.45) is 14.5. The molecule has 0 bridgehead atoms. The molecule has 2 aliphatic carbocycles. The van der Waals surface area contributed by atoms with E-state index < -0.39 is 0 Å². The fourth-order valence-electron chi connectivity index (χ4n) is 7.96. The van der Waals surface area contributed by atoms with Gasteiger partial charge < -0.3 is 4.74 Å². The highest BCUT2D eigenvalue weighted by molar-refractivity contribution is 5.50. The van der Waals surface area contributed by atoms with Crippen LogP contribution in [0.15, 0.2) is 84.9 Å². The molecule has 3 heteroatoms. The molecule has 0 heterocycles. The molecule has 0 radical (unpaired) electrons. The van der Waals surface area contributed by atoms with Crippen molar-refractivity contribution in [1.29, 1.82) is 10.5 Å². The third-order valence-corrected chi connectivity index (χ3v) is 11.1. The van der Waals surface area contributed by atoms with Crippen LogP contribution in [-0.4, -0.2) is 0 Å². The second kappa shape index (κ2) is 15.5. The summed E-state index contributed by atoms with van der Waals surface area (Å²) in [6, 6.07) is 34.2. The Kier molecular flexibility index (Phi) is 10.7. The lowest BCUT2D eigenvalue weighted by molar-refractivity contribution is 0.319. The highest BCUT2D eigenvalue weighted by atomic mass is 16.5. The third kappa shape index (κ3) is 8.15. The second-order valence-electron chi connectivity index (χ2n) is 14.1. The number of ether oxygens (including phenoxy) is 1. The lowest BCUT2D eigenvalue weighted by atomic mass is 9.78. The molecule has 47 heavy (non-hydrogen) atoms. The maximum absolute atomic E-state index is 9.70. The summed E-state index contributed by atoms with van der Waals surface area (Å²) >= 11 is 0. The van der Waals surface area contributed by atoms with Gasteiger partial charge in [0.2, 0.25) is 0 Å². The Hall–Kier alpha value is -4.34. The molecule has 4 aromatic carbocycles. The first kappa shape index (κ1) is 32.6. The van der Waals surface area contributed by atoms with Gasteiger partial charge in [-0.05, 0) is 134 Å². The van der Waals surface area contributed by atoms with E-state index in [4.69, 9.17) is 4.74 Å². The van der Waals surface area contributed by atoms with Gasteiger partial charge in [-0.1, -0.05) is 75.2 Å². The van der Waals surface area contributed by atoms with Crippen LogP contribution in [0.4, 0.5) is 0 Å². The Morgan fingerprint density at radius 2 is 0.915 bits per heavy atom. The van der Waals surface area contributed by atoms with Crippen LogP contribution in [0.3, 0.4) is 0 Å². The van der Waals surface area contributed by atoms with Crippen molar-refractivity contribution in [2.75, 3.05) is 0 Å². The van der Waals surface area contributed by atoms with Crippen LogP contribution in [0.1, 0.15) is 134 Å². The van der Waals surface area contributed by atoms with Gasteiger partial charge in [-0.25, -0.2) is 0 Å². The number of hydrogen-bond acceptors (Lipinski definition) is 3. The zero-order valence-corrected chi connectivity index (χ0v) is 28.2. The van der Waals surface area contributed by atoms with Gasteiger partial charge in [-0.3, -0.25) is 0 Å². The van der Waals surface area contributed by atoms with Crippen molar-refractivity contribution in [1.82, 2.24) is 0 Å². The molecule has 0 spiro atoms. The Balaban J connectivity index is 1.19. The number of nitriles is 2. The second-order valence-corrected chi connectivity index (χ2v) is 14.1. The van der Waals surface area contributed by atoms with Crippen LogP contribution in [0, 0.1) is 34.5 Å². The molecule has 0 saturated heterocycles. The molecule has 0 atom stereocenters. The molecular weight excluding hydrogens is 572 g/mol. The molecule has 3 nitrogen and oxygen atoms in total. The number of hydrogen-bond donors (Lipinski definition) is 0. The lowest BCUT2D eigenvalue weighted by Gasteiger charge is -2.28. The van der Waals surface area contributed by atoms with E-state index in [2.05, 4.69) is 74.5 Å². The number of rotatable bonds is 10. The van der Waals surface area contributed by atoms with Gasteiger partial charge in [-0.2, -0.15) is 10.5 Å². The van der Waals surface area contributed by atoms with Gasteiger partial charge in [0.25, 0.3) is 0 Å².